The summed E-state index contributed by atoms with van der Waals surface area (Å²) in [5, 5.41) is 21.1. The van der Waals surface area contributed by atoms with Crippen LogP contribution in [0.4, 0.5) is 0 Å². The zero-order valence-electron chi connectivity index (χ0n) is 18.3. The van der Waals surface area contributed by atoms with Crippen LogP contribution in [-0.2, 0) is 0 Å². The molecule has 0 saturated heterocycles. The van der Waals surface area contributed by atoms with Crippen molar-refractivity contribution in [1.29, 1.82) is 0 Å². The smallest absolute Gasteiger partial charge is 0.0807 e. The van der Waals surface area contributed by atoms with E-state index in [9.17, 15) is 10.2 Å². The molecule has 9 unspecified atom stereocenters. The third-order valence-electron chi connectivity index (χ3n) is 10.4. The highest BCUT2D eigenvalue weighted by Gasteiger charge is 2.60. The zero-order chi connectivity index (χ0) is 20.2. The monoisotopic (exact) mass is 397 g/mol. The Morgan fingerprint density at radius 1 is 1.03 bits per heavy atom. The van der Waals surface area contributed by atoms with E-state index < -0.39 is 0 Å². The topological polar surface area (TPSA) is 53.4 Å². The maximum absolute atomic E-state index is 10.9. The van der Waals surface area contributed by atoms with Crippen molar-refractivity contribution in [1.82, 2.24) is 4.98 Å². The molecule has 4 saturated carbocycles. The molecular weight excluding hydrogens is 358 g/mol. The molecule has 3 nitrogen and oxygen atoms in total. The van der Waals surface area contributed by atoms with E-state index in [1.165, 1.54) is 44.9 Å². The van der Waals surface area contributed by atoms with E-state index in [0.29, 0.717) is 16.7 Å². The summed E-state index contributed by atoms with van der Waals surface area (Å²) >= 11 is 0. The number of hydrogen-bond donors (Lipinski definition) is 2. The predicted molar refractivity (Wildman–Crippen MR) is 115 cm³/mol. The highest BCUT2D eigenvalue weighted by Crippen LogP contribution is 2.68. The summed E-state index contributed by atoms with van der Waals surface area (Å²) in [5.74, 6) is 3.92. The Bertz CT molecular complexity index is 723. The van der Waals surface area contributed by atoms with E-state index in [2.05, 4.69) is 18.8 Å². The Hall–Kier alpha value is -0.930. The number of hydrogen-bond acceptors (Lipinski definition) is 3. The molecule has 5 rings (SSSR count). The van der Waals surface area contributed by atoms with Crippen LogP contribution in [0.5, 0.6) is 0 Å². The Kier molecular flexibility index (Phi) is 5.06. The van der Waals surface area contributed by atoms with E-state index in [-0.39, 0.29) is 12.2 Å². The van der Waals surface area contributed by atoms with Crippen LogP contribution in [0.1, 0.15) is 89.7 Å². The van der Waals surface area contributed by atoms with Gasteiger partial charge < -0.3 is 10.2 Å². The van der Waals surface area contributed by atoms with Crippen molar-refractivity contribution in [2.24, 2.45) is 40.4 Å². The van der Waals surface area contributed by atoms with Crippen LogP contribution >= 0.6 is 0 Å². The molecule has 2 N–H and O–H groups in total. The lowest BCUT2D eigenvalue weighted by Crippen LogP contribution is -2.53. The molecule has 1 aromatic rings. The second-order valence-corrected chi connectivity index (χ2v) is 11.4. The summed E-state index contributed by atoms with van der Waals surface area (Å²) in [4.78, 5) is 4.21. The van der Waals surface area contributed by atoms with Crippen LogP contribution < -0.4 is 0 Å². The molecule has 0 aliphatic heterocycles. The second-order valence-electron chi connectivity index (χ2n) is 11.4. The highest BCUT2D eigenvalue weighted by atomic mass is 16.3. The van der Waals surface area contributed by atoms with Gasteiger partial charge in [0, 0.05) is 12.4 Å². The summed E-state index contributed by atoms with van der Waals surface area (Å²) in [5.41, 5.74) is 1.82. The third kappa shape index (κ3) is 3.19. The van der Waals surface area contributed by atoms with E-state index >= 15 is 0 Å². The fourth-order valence-corrected chi connectivity index (χ4v) is 8.71. The molecule has 0 bridgehead atoms. The Morgan fingerprint density at radius 2 is 1.83 bits per heavy atom. The molecule has 1 heterocycles. The van der Waals surface area contributed by atoms with Crippen LogP contribution in [0.25, 0.3) is 0 Å². The largest absolute Gasteiger partial charge is 0.393 e. The first-order chi connectivity index (χ1) is 13.9. The van der Waals surface area contributed by atoms with Gasteiger partial charge in [-0.25, -0.2) is 0 Å². The van der Waals surface area contributed by atoms with E-state index in [1.54, 1.807) is 6.20 Å². The minimum absolute atomic E-state index is 0.0525. The first-order valence-electron chi connectivity index (χ1n) is 12.2. The molecular formula is C26H39NO2. The van der Waals surface area contributed by atoms with Crippen molar-refractivity contribution in [3.63, 3.8) is 0 Å². The molecule has 4 aliphatic rings. The molecule has 9 atom stereocenters. The maximum atomic E-state index is 10.9. The fraction of sp³-hybridized carbons (Fsp3) is 0.808. The lowest BCUT2D eigenvalue weighted by atomic mass is 9.44. The molecule has 4 aliphatic carbocycles. The van der Waals surface area contributed by atoms with Crippen molar-refractivity contribution < 1.29 is 10.2 Å². The van der Waals surface area contributed by atoms with Crippen LogP contribution in [0.15, 0.2) is 24.5 Å². The minimum Gasteiger partial charge on any atom is -0.393 e. The van der Waals surface area contributed by atoms with Gasteiger partial charge in [-0.15, -0.1) is 0 Å². The van der Waals surface area contributed by atoms with Gasteiger partial charge in [0.15, 0.2) is 0 Å². The van der Waals surface area contributed by atoms with Crippen molar-refractivity contribution in [3.8, 4) is 0 Å². The number of pyridine rings is 1. The molecule has 29 heavy (non-hydrogen) atoms. The van der Waals surface area contributed by atoms with Crippen molar-refractivity contribution >= 4 is 0 Å². The lowest BCUT2D eigenvalue weighted by molar-refractivity contribution is -0.128. The van der Waals surface area contributed by atoms with Gasteiger partial charge >= 0.3 is 0 Å². The fourth-order valence-electron chi connectivity index (χ4n) is 8.71. The first kappa shape index (κ1) is 20.0. The summed E-state index contributed by atoms with van der Waals surface area (Å²) in [6, 6.07) is 3.95. The average molecular weight is 398 g/mol. The lowest BCUT2D eigenvalue weighted by Gasteiger charge is -2.61. The average Bonchev–Trinajstić information content (AvgIpc) is 3.05. The molecule has 0 amide bonds. The summed E-state index contributed by atoms with van der Waals surface area (Å²) in [6.07, 6.45) is 15.4. The molecule has 4 fully saturated rings. The Labute approximate surface area is 176 Å². The van der Waals surface area contributed by atoms with E-state index in [1.807, 2.05) is 18.3 Å². The Balaban J connectivity index is 1.33. The number of aliphatic hydroxyl groups excluding tert-OH is 2. The van der Waals surface area contributed by atoms with Crippen molar-refractivity contribution in [2.45, 2.75) is 90.3 Å². The normalized spacial score (nSPS) is 47.7. The second kappa shape index (κ2) is 7.34. The number of fused-ring (bicyclic) bond motifs is 5. The standard InChI is InChI=1S/C26H39NO2/c1-25-11-9-20(28)14-18(25)5-7-21-22-8-6-19(26(22,2)12-10-23(21)25)15-24(29)17-4-3-13-27-16-17/h3-4,13,16,18-24,28-29H,5-12,14-15H2,1-2H3. The van der Waals surface area contributed by atoms with Gasteiger partial charge in [-0.2, -0.15) is 0 Å². The van der Waals surface area contributed by atoms with Gasteiger partial charge in [0.05, 0.1) is 12.2 Å². The summed E-state index contributed by atoms with van der Waals surface area (Å²) in [7, 11) is 0. The van der Waals surface area contributed by atoms with Crippen molar-refractivity contribution in [2.75, 3.05) is 0 Å². The van der Waals surface area contributed by atoms with Crippen LogP contribution in [-0.4, -0.2) is 21.3 Å². The molecule has 0 radical (unpaired) electrons. The summed E-state index contributed by atoms with van der Waals surface area (Å²) in [6.45, 7) is 5.13. The van der Waals surface area contributed by atoms with E-state index in [0.717, 1.165) is 48.5 Å². The zero-order valence-corrected chi connectivity index (χ0v) is 18.3. The molecule has 3 heteroatoms. The highest BCUT2D eigenvalue weighted by molar-refractivity contribution is 5.14. The van der Waals surface area contributed by atoms with E-state index in [4.69, 9.17) is 0 Å². The maximum Gasteiger partial charge on any atom is 0.0807 e. The van der Waals surface area contributed by atoms with Gasteiger partial charge in [0.1, 0.15) is 0 Å². The SMILES string of the molecule is CC12CCC(O)CC1CCC1C2CCC2(C)C(CC(O)c3cccnc3)CCC12. The number of aliphatic hydroxyl groups is 2. The number of nitrogens with zero attached hydrogens (tertiary/aromatic N) is 1. The third-order valence-corrected chi connectivity index (χ3v) is 10.4. The summed E-state index contributed by atoms with van der Waals surface area (Å²) < 4.78 is 0. The van der Waals surface area contributed by atoms with Gasteiger partial charge in [-0.05, 0) is 116 Å². The van der Waals surface area contributed by atoms with Crippen molar-refractivity contribution in [3.05, 3.63) is 30.1 Å². The number of aromatic nitrogens is 1. The quantitative estimate of drug-likeness (QED) is 0.705. The molecule has 0 spiro atoms. The predicted octanol–water partition coefficient (Wildman–Crippen LogP) is 5.52. The van der Waals surface area contributed by atoms with Gasteiger partial charge in [-0.3, -0.25) is 4.98 Å². The van der Waals surface area contributed by atoms with Gasteiger partial charge in [0.25, 0.3) is 0 Å². The molecule has 160 valence electrons. The van der Waals surface area contributed by atoms with Crippen LogP contribution in [0, 0.1) is 40.4 Å². The Morgan fingerprint density at radius 3 is 2.62 bits per heavy atom. The minimum atomic E-state index is -0.380. The number of rotatable bonds is 3. The first-order valence-corrected chi connectivity index (χ1v) is 12.2. The van der Waals surface area contributed by atoms with Gasteiger partial charge in [0.2, 0.25) is 0 Å². The molecule has 1 aromatic heterocycles. The van der Waals surface area contributed by atoms with Crippen LogP contribution in [0.3, 0.4) is 0 Å². The van der Waals surface area contributed by atoms with Crippen LogP contribution in [0.2, 0.25) is 0 Å². The van der Waals surface area contributed by atoms with Gasteiger partial charge in [-0.1, -0.05) is 19.9 Å². The molecule has 0 aromatic carbocycles.